The third kappa shape index (κ3) is 3.24. The van der Waals surface area contributed by atoms with Crippen LogP contribution in [-0.2, 0) is 17.8 Å². The van der Waals surface area contributed by atoms with E-state index in [0.717, 1.165) is 15.6 Å². The summed E-state index contributed by atoms with van der Waals surface area (Å²) >= 11 is 3.38. The van der Waals surface area contributed by atoms with E-state index in [4.69, 9.17) is 0 Å². The van der Waals surface area contributed by atoms with Crippen LogP contribution in [0.1, 0.15) is 17.5 Å². The van der Waals surface area contributed by atoms with Gasteiger partial charge in [-0.15, -0.1) is 0 Å². The number of carbonyl (C=O) groups is 1. The highest BCUT2D eigenvalue weighted by Crippen LogP contribution is 2.28. The Balaban J connectivity index is 1.77. The molecule has 1 aliphatic heterocycles. The van der Waals surface area contributed by atoms with Crippen molar-refractivity contribution in [3.05, 3.63) is 57.8 Å². The van der Waals surface area contributed by atoms with Crippen molar-refractivity contribution in [3.8, 4) is 0 Å². The van der Waals surface area contributed by atoms with Gasteiger partial charge in [-0.1, -0.05) is 28.1 Å². The number of anilines is 2. The second-order valence-electron chi connectivity index (χ2n) is 5.02. The number of aryl methyl sites for hydroxylation is 1. The van der Waals surface area contributed by atoms with E-state index in [1.54, 1.807) is 6.07 Å². The number of fused-ring (bicyclic) bond motifs is 1. The van der Waals surface area contributed by atoms with Crippen LogP contribution in [0, 0.1) is 5.82 Å². The molecule has 0 atom stereocenters. The van der Waals surface area contributed by atoms with E-state index in [-0.39, 0.29) is 11.7 Å². The molecule has 0 unspecified atom stereocenters. The van der Waals surface area contributed by atoms with E-state index in [9.17, 15) is 9.18 Å². The minimum Gasteiger partial charge on any atom is -0.379 e. The molecule has 3 nitrogen and oxygen atoms in total. The Labute approximate surface area is 130 Å². The average molecular weight is 349 g/mol. The van der Waals surface area contributed by atoms with Crippen LogP contribution < -0.4 is 10.6 Å². The third-order valence-electron chi connectivity index (χ3n) is 3.48. The van der Waals surface area contributed by atoms with Crippen LogP contribution in [0.5, 0.6) is 0 Å². The number of amides is 1. The molecule has 0 spiro atoms. The zero-order valence-corrected chi connectivity index (χ0v) is 12.8. The Hall–Kier alpha value is -1.88. The fraction of sp³-hybridized carbons (Fsp3) is 0.188. The Bertz CT molecular complexity index is 685. The molecule has 0 aromatic heterocycles. The fourth-order valence-electron chi connectivity index (χ4n) is 2.33. The van der Waals surface area contributed by atoms with Gasteiger partial charge >= 0.3 is 0 Å². The first-order valence-electron chi connectivity index (χ1n) is 6.72. The lowest BCUT2D eigenvalue weighted by molar-refractivity contribution is -0.116. The van der Waals surface area contributed by atoms with E-state index >= 15 is 0 Å². The summed E-state index contributed by atoms with van der Waals surface area (Å²) in [5.74, 6) is -0.310. The number of hydrogen-bond donors (Lipinski definition) is 2. The van der Waals surface area contributed by atoms with Crippen molar-refractivity contribution in [2.45, 2.75) is 19.4 Å². The van der Waals surface area contributed by atoms with Gasteiger partial charge in [0.2, 0.25) is 5.91 Å². The van der Waals surface area contributed by atoms with Gasteiger partial charge < -0.3 is 10.6 Å². The molecule has 3 rings (SSSR count). The van der Waals surface area contributed by atoms with Crippen LogP contribution in [0.3, 0.4) is 0 Å². The quantitative estimate of drug-likeness (QED) is 0.877. The summed E-state index contributed by atoms with van der Waals surface area (Å²) in [7, 11) is 0. The molecular formula is C16H14BrFN2O. The standard InChI is InChI=1S/C16H14BrFN2O/c17-12-4-1-10(2-5-12)9-19-15-8-14-11(7-13(15)18)3-6-16(21)20-14/h1-2,4-5,7-8,19H,3,6,9H2,(H,20,21). The monoisotopic (exact) mass is 348 g/mol. The van der Waals surface area contributed by atoms with Crippen LogP contribution in [0.15, 0.2) is 40.9 Å². The van der Waals surface area contributed by atoms with Gasteiger partial charge in [-0.3, -0.25) is 4.79 Å². The smallest absolute Gasteiger partial charge is 0.224 e. The highest BCUT2D eigenvalue weighted by atomic mass is 79.9. The molecule has 0 aliphatic carbocycles. The van der Waals surface area contributed by atoms with E-state index in [1.807, 2.05) is 24.3 Å². The van der Waals surface area contributed by atoms with Crippen LogP contribution in [0.4, 0.5) is 15.8 Å². The third-order valence-corrected chi connectivity index (χ3v) is 4.01. The molecule has 0 radical (unpaired) electrons. The van der Waals surface area contributed by atoms with Gasteiger partial charge in [0.25, 0.3) is 0 Å². The number of halogens is 2. The number of benzene rings is 2. The van der Waals surface area contributed by atoms with Gasteiger partial charge in [-0.2, -0.15) is 0 Å². The van der Waals surface area contributed by atoms with Crippen molar-refractivity contribution in [2.75, 3.05) is 10.6 Å². The van der Waals surface area contributed by atoms with Crippen molar-refractivity contribution in [2.24, 2.45) is 0 Å². The highest BCUT2D eigenvalue weighted by Gasteiger charge is 2.17. The summed E-state index contributed by atoms with van der Waals surface area (Å²) in [6.07, 6.45) is 1.00. The fourth-order valence-corrected chi connectivity index (χ4v) is 2.60. The lowest BCUT2D eigenvalue weighted by Gasteiger charge is -2.19. The van der Waals surface area contributed by atoms with Gasteiger partial charge in [0.15, 0.2) is 0 Å². The van der Waals surface area contributed by atoms with Crippen LogP contribution in [-0.4, -0.2) is 5.91 Å². The lowest BCUT2D eigenvalue weighted by atomic mass is 10.0. The highest BCUT2D eigenvalue weighted by molar-refractivity contribution is 9.10. The van der Waals surface area contributed by atoms with E-state index in [2.05, 4.69) is 26.6 Å². The first kappa shape index (κ1) is 14.1. The predicted octanol–water partition coefficient (Wildman–Crippen LogP) is 4.09. The van der Waals surface area contributed by atoms with Crippen LogP contribution in [0.25, 0.3) is 0 Å². The van der Waals surface area contributed by atoms with Gasteiger partial charge in [-0.05, 0) is 41.8 Å². The molecule has 5 heteroatoms. The topological polar surface area (TPSA) is 41.1 Å². The predicted molar refractivity (Wildman–Crippen MR) is 84.8 cm³/mol. The summed E-state index contributed by atoms with van der Waals surface area (Å²) in [4.78, 5) is 11.4. The Kier molecular flexibility index (Phi) is 3.92. The van der Waals surface area contributed by atoms with Crippen LogP contribution in [0.2, 0.25) is 0 Å². The zero-order chi connectivity index (χ0) is 14.8. The molecule has 2 N–H and O–H groups in total. The maximum atomic E-state index is 14.1. The van der Waals surface area contributed by atoms with Crippen LogP contribution >= 0.6 is 15.9 Å². The number of rotatable bonds is 3. The van der Waals surface area contributed by atoms with Gasteiger partial charge in [0.05, 0.1) is 5.69 Å². The normalized spacial score (nSPS) is 13.5. The summed E-state index contributed by atoms with van der Waals surface area (Å²) < 4.78 is 15.1. The van der Waals surface area contributed by atoms with E-state index in [0.29, 0.717) is 30.8 Å². The Morgan fingerprint density at radius 3 is 2.71 bits per heavy atom. The molecule has 21 heavy (non-hydrogen) atoms. The van der Waals surface area contributed by atoms with Gasteiger partial charge in [-0.25, -0.2) is 4.39 Å². The first-order chi connectivity index (χ1) is 10.1. The lowest BCUT2D eigenvalue weighted by Crippen LogP contribution is -2.19. The minimum absolute atomic E-state index is 0.0204. The molecule has 0 saturated heterocycles. The maximum Gasteiger partial charge on any atom is 0.224 e. The molecule has 0 bridgehead atoms. The second-order valence-corrected chi connectivity index (χ2v) is 5.93. The molecular weight excluding hydrogens is 335 g/mol. The summed E-state index contributed by atoms with van der Waals surface area (Å²) in [6.45, 7) is 0.525. The molecule has 108 valence electrons. The van der Waals surface area contributed by atoms with E-state index < -0.39 is 0 Å². The van der Waals surface area contributed by atoms with Crippen molar-refractivity contribution in [1.29, 1.82) is 0 Å². The first-order valence-corrected chi connectivity index (χ1v) is 7.52. The minimum atomic E-state index is -0.290. The molecule has 1 amide bonds. The average Bonchev–Trinajstić information content (AvgIpc) is 2.47. The van der Waals surface area contributed by atoms with Crippen molar-refractivity contribution >= 4 is 33.2 Å². The summed E-state index contributed by atoms with van der Waals surface area (Å²) in [5, 5.41) is 5.85. The summed E-state index contributed by atoms with van der Waals surface area (Å²) in [5.41, 5.74) is 3.01. The SMILES string of the molecule is O=C1CCc2cc(F)c(NCc3ccc(Br)cc3)cc2N1. The van der Waals surface area contributed by atoms with Gasteiger partial charge in [0, 0.05) is 23.1 Å². The Morgan fingerprint density at radius 2 is 1.95 bits per heavy atom. The molecule has 0 fully saturated rings. The van der Waals surface area contributed by atoms with Crippen molar-refractivity contribution in [3.63, 3.8) is 0 Å². The van der Waals surface area contributed by atoms with Crippen molar-refractivity contribution < 1.29 is 9.18 Å². The molecule has 0 saturated carbocycles. The molecule has 2 aromatic carbocycles. The summed E-state index contributed by atoms with van der Waals surface area (Å²) in [6, 6.07) is 11.0. The number of hydrogen-bond acceptors (Lipinski definition) is 2. The molecule has 1 heterocycles. The largest absolute Gasteiger partial charge is 0.379 e. The molecule has 1 aliphatic rings. The molecule has 2 aromatic rings. The van der Waals surface area contributed by atoms with E-state index in [1.165, 1.54) is 6.07 Å². The maximum absolute atomic E-state index is 14.1. The number of nitrogens with one attached hydrogen (secondary N) is 2. The zero-order valence-electron chi connectivity index (χ0n) is 11.2. The van der Waals surface area contributed by atoms with Gasteiger partial charge in [0.1, 0.15) is 5.82 Å². The number of carbonyl (C=O) groups excluding carboxylic acids is 1. The Morgan fingerprint density at radius 1 is 1.19 bits per heavy atom. The van der Waals surface area contributed by atoms with Crippen molar-refractivity contribution in [1.82, 2.24) is 0 Å². The second kappa shape index (κ2) is 5.85.